The number of hydrogen-bond acceptors (Lipinski definition) is 3. The Balaban J connectivity index is 1.60. The van der Waals surface area contributed by atoms with Crippen LogP contribution in [-0.2, 0) is 4.79 Å². The first kappa shape index (κ1) is 22.2. The van der Waals surface area contributed by atoms with Crippen LogP contribution in [0.25, 0.3) is 0 Å². The largest absolute Gasteiger partial charge is 0.481 e. The van der Waals surface area contributed by atoms with Crippen LogP contribution in [0.1, 0.15) is 62.8 Å². The van der Waals surface area contributed by atoms with Gasteiger partial charge in [0.1, 0.15) is 5.75 Å². The third-order valence-electron chi connectivity index (χ3n) is 6.19. The lowest BCUT2D eigenvalue weighted by Crippen LogP contribution is -2.39. The molecule has 0 unspecified atom stereocenters. The van der Waals surface area contributed by atoms with Gasteiger partial charge in [-0.15, -0.1) is 0 Å². The van der Waals surface area contributed by atoms with Crippen LogP contribution in [0.3, 0.4) is 0 Å². The predicted octanol–water partition coefficient (Wildman–Crippen LogP) is 5.57. The lowest BCUT2D eigenvalue weighted by molar-refractivity contribution is -0.128. The maximum Gasteiger partial charge on any atom is 0.261 e. The quantitative estimate of drug-likeness (QED) is 0.651. The molecule has 1 amide bonds. The van der Waals surface area contributed by atoms with E-state index in [0.717, 1.165) is 30.3 Å². The molecule has 0 aromatic heterocycles. The number of piperidine rings is 1. The van der Waals surface area contributed by atoms with E-state index < -0.39 is 6.10 Å². The number of amides is 1. The average molecular weight is 409 g/mol. The molecule has 1 aliphatic rings. The Labute approximate surface area is 181 Å². The molecule has 4 heteroatoms. The van der Waals surface area contributed by atoms with Gasteiger partial charge in [-0.25, -0.2) is 0 Å². The predicted molar refractivity (Wildman–Crippen MR) is 124 cm³/mol. The van der Waals surface area contributed by atoms with Crippen LogP contribution in [0.2, 0.25) is 0 Å². The topological polar surface area (TPSA) is 41.6 Å². The van der Waals surface area contributed by atoms with Gasteiger partial charge in [0.15, 0.2) is 6.10 Å². The molecule has 0 aliphatic carbocycles. The molecule has 1 aliphatic heterocycles. The summed E-state index contributed by atoms with van der Waals surface area (Å²) in [5, 5.41) is 3.12. The van der Waals surface area contributed by atoms with Crippen molar-refractivity contribution in [2.45, 2.75) is 66.0 Å². The van der Waals surface area contributed by atoms with Gasteiger partial charge in [0.05, 0.1) is 6.04 Å². The lowest BCUT2D eigenvalue weighted by Gasteiger charge is -2.33. The second-order valence-electron chi connectivity index (χ2n) is 8.78. The Kier molecular flexibility index (Phi) is 7.41. The second-order valence-corrected chi connectivity index (χ2v) is 8.78. The number of nitrogens with zero attached hydrogens (tertiary/aromatic N) is 1. The molecular weight excluding hydrogens is 372 g/mol. The summed E-state index contributed by atoms with van der Waals surface area (Å²) in [4.78, 5) is 15.3. The zero-order valence-electron chi connectivity index (χ0n) is 19.1. The first-order valence-corrected chi connectivity index (χ1v) is 11.3. The van der Waals surface area contributed by atoms with Crippen LogP contribution in [0.5, 0.6) is 5.75 Å². The number of nitrogens with one attached hydrogen (secondary N) is 1. The van der Waals surface area contributed by atoms with Crippen molar-refractivity contribution in [1.82, 2.24) is 5.32 Å². The number of hydrogen-bond donors (Lipinski definition) is 1. The van der Waals surface area contributed by atoms with Crippen LogP contribution in [0, 0.1) is 19.8 Å². The van der Waals surface area contributed by atoms with Crippen LogP contribution < -0.4 is 15.0 Å². The van der Waals surface area contributed by atoms with Gasteiger partial charge in [-0.2, -0.15) is 0 Å². The lowest BCUT2D eigenvalue weighted by atomic mass is 9.99. The molecule has 3 atom stereocenters. The van der Waals surface area contributed by atoms with Crippen molar-refractivity contribution in [3.63, 3.8) is 0 Å². The first-order chi connectivity index (χ1) is 14.4. The number of carbonyl (C=O) groups excluding carboxylic acids is 1. The fourth-order valence-corrected chi connectivity index (χ4v) is 4.06. The number of aryl methyl sites for hydroxylation is 2. The summed E-state index contributed by atoms with van der Waals surface area (Å²) in [5.41, 5.74) is 4.77. The van der Waals surface area contributed by atoms with Gasteiger partial charge in [0.2, 0.25) is 0 Å². The molecule has 1 fully saturated rings. The highest BCUT2D eigenvalue weighted by molar-refractivity contribution is 5.81. The van der Waals surface area contributed by atoms with E-state index in [1.54, 1.807) is 0 Å². The maximum absolute atomic E-state index is 12.8. The van der Waals surface area contributed by atoms with E-state index >= 15 is 0 Å². The molecular formula is C26H36N2O2. The van der Waals surface area contributed by atoms with Gasteiger partial charge in [-0.1, -0.05) is 32.0 Å². The minimum atomic E-state index is -0.497. The molecule has 1 heterocycles. The number of benzene rings is 2. The van der Waals surface area contributed by atoms with Gasteiger partial charge >= 0.3 is 0 Å². The number of anilines is 1. The Bertz CT molecular complexity index is 847. The molecule has 1 N–H and O–H groups in total. The highest BCUT2D eigenvalue weighted by Crippen LogP contribution is 2.25. The highest BCUT2D eigenvalue weighted by atomic mass is 16.5. The summed E-state index contributed by atoms with van der Waals surface area (Å²) in [6.07, 6.45) is 2.70. The van der Waals surface area contributed by atoms with E-state index in [4.69, 9.17) is 4.74 Å². The van der Waals surface area contributed by atoms with Crippen LogP contribution in [-0.4, -0.2) is 25.1 Å². The third kappa shape index (κ3) is 5.56. The van der Waals surface area contributed by atoms with Gasteiger partial charge < -0.3 is 15.0 Å². The zero-order valence-corrected chi connectivity index (χ0v) is 19.1. The summed E-state index contributed by atoms with van der Waals surface area (Å²) >= 11 is 0. The molecule has 1 saturated heterocycles. The smallest absolute Gasteiger partial charge is 0.261 e. The molecule has 3 rings (SSSR count). The van der Waals surface area contributed by atoms with Crippen molar-refractivity contribution in [2.24, 2.45) is 5.92 Å². The molecule has 162 valence electrons. The van der Waals surface area contributed by atoms with Crippen molar-refractivity contribution in [3.8, 4) is 5.75 Å². The summed E-state index contributed by atoms with van der Waals surface area (Å²) < 4.78 is 5.99. The number of rotatable bonds is 7. The highest BCUT2D eigenvalue weighted by Gasteiger charge is 2.21. The summed E-state index contributed by atoms with van der Waals surface area (Å²) in [6.45, 7) is 12.7. The molecule has 4 nitrogen and oxygen atoms in total. The Hall–Kier alpha value is -2.49. The van der Waals surface area contributed by atoms with Gasteiger partial charge in [-0.05, 0) is 86.9 Å². The van der Waals surface area contributed by atoms with Crippen LogP contribution in [0.15, 0.2) is 42.5 Å². The molecule has 0 radical (unpaired) electrons. The third-order valence-corrected chi connectivity index (χ3v) is 6.19. The molecule has 0 saturated carbocycles. The minimum absolute atomic E-state index is 0.0655. The SMILES string of the molecule is CC[C@@H](Oc1ccc(C)c(C)c1)C(=O)N[C@@H](C)c1ccc(N2CCC[C@@H](C)C2)cc1. The number of ether oxygens (including phenoxy) is 1. The van der Waals surface area contributed by atoms with Crippen molar-refractivity contribution < 1.29 is 9.53 Å². The van der Waals surface area contributed by atoms with E-state index in [9.17, 15) is 4.79 Å². The minimum Gasteiger partial charge on any atom is -0.481 e. The van der Waals surface area contributed by atoms with E-state index in [0.29, 0.717) is 6.42 Å². The standard InChI is InChI=1S/C26H36N2O2/c1-6-25(30-24-14-9-19(3)20(4)16-24)26(29)27-21(5)22-10-12-23(13-11-22)28-15-7-8-18(2)17-28/h9-14,16,18,21,25H,6-8,15,17H2,1-5H3,(H,27,29)/t18-,21+,25-/m1/s1. The Morgan fingerprint density at radius 3 is 2.53 bits per heavy atom. The van der Waals surface area contributed by atoms with Crippen molar-refractivity contribution in [3.05, 3.63) is 59.2 Å². The molecule has 2 aromatic carbocycles. The first-order valence-electron chi connectivity index (χ1n) is 11.3. The second kappa shape index (κ2) is 10.0. The maximum atomic E-state index is 12.8. The Morgan fingerprint density at radius 2 is 1.90 bits per heavy atom. The summed E-state index contributed by atoms with van der Waals surface area (Å²) in [7, 11) is 0. The van der Waals surface area contributed by atoms with Crippen molar-refractivity contribution in [2.75, 3.05) is 18.0 Å². The van der Waals surface area contributed by atoms with Crippen molar-refractivity contribution >= 4 is 11.6 Å². The molecule has 30 heavy (non-hydrogen) atoms. The zero-order chi connectivity index (χ0) is 21.7. The van der Waals surface area contributed by atoms with E-state index in [1.807, 2.05) is 32.0 Å². The average Bonchev–Trinajstić information content (AvgIpc) is 2.74. The van der Waals surface area contributed by atoms with Gasteiger partial charge in [-0.3, -0.25) is 4.79 Å². The van der Waals surface area contributed by atoms with E-state index in [2.05, 4.69) is 55.3 Å². The van der Waals surface area contributed by atoms with Gasteiger partial charge in [0, 0.05) is 18.8 Å². The molecule has 2 aromatic rings. The Morgan fingerprint density at radius 1 is 1.17 bits per heavy atom. The van der Waals surface area contributed by atoms with Gasteiger partial charge in [0.25, 0.3) is 5.91 Å². The normalized spacial score (nSPS) is 18.6. The van der Waals surface area contributed by atoms with Crippen LogP contribution >= 0.6 is 0 Å². The fourth-order valence-electron chi connectivity index (χ4n) is 4.06. The molecule has 0 spiro atoms. The number of carbonyl (C=O) groups is 1. The molecule has 0 bridgehead atoms. The summed E-state index contributed by atoms with van der Waals surface area (Å²) in [5.74, 6) is 1.42. The fraction of sp³-hybridized carbons (Fsp3) is 0.500. The van der Waals surface area contributed by atoms with Crippen molar-refractivity contribution in [1.29, 1.82) is 0 Å². The summed E-state index contributed by atoms with van der Waals surface area (Å²) in [6, 6.07) is 14.5. The van der Waals surface area contributed by atoms with E-state index in [1.165, 1.54) is 29.7 Å². The van der Waals surface area contributed by atoms with E-state index in [-0.39, 0.29) is 11.9 Å². The monoisotopic (exact) mass is 408 g/mol. The van der Waals surface area contributed by atoms with Crippen LogP contribution in [0.4, 0.5) is 5.69 Å².